The van der Waals surface area contributed by atoms with Crippen LogP contribution in [0.25, 0.3) is 10.9 Å². The van der Waals surface area contributed by atoms with Crippen LogP contribution >= 0.6 is 0 Å². The van der Waals surface area contributed by atoms with Gasteiger partial charge in [0, 0.05) is 84.4 Å². The lowest BCUT2D eigenvalue weighted by Crippen LogP contribution is -2.61. The monoisotopic (exact) mass is 1650 g/mol. The predicted molar refractivity (Wildman–Crippen MR) is 448 cm³/mol. The number of phenolic OH excluding ortho intramolecular Hbond substituents is 2. The molecule has 8 rings (SSSR count). The number of hydrogen-bond acceptors (Lipinski definition) is 16. The van der Waals surface area contributed by atoms with Gasteiger partial charge in [-0.15, -0.1) is 0 Å². The van der Waals surface area contributed by atoms with Crippen molar-refractivity contribution in [2.45, 2.75) is 172 Å². The van der Waals surface area contributed by atoms with E-state index in [4.69, 9.17) is 0 Å². The van der Waals surface area contributed by atoms with Gasteiger partial charge in [-0.05, 0) is 101 Å². The molecule has 1 aliphatic rings. The fraction of sp³-hybridized carbons (Fsp3) is 0.416. The quantitative estimate of drug-likeness (QED) is 0.0483. The molecule has 12 N–H and O–H groups in total. The average molecular weight is 1650 g/mol. The van der Waals surface area contributed by atoms with E-state index in [1.807, 2.05) is 25.1 Å². The molecule has 1 fully saturated rings. The van der Waals surface area contributed by atoms with Crippen LogP contribution < -0.4 is 42.5 Å². The van der Waals surface area contributed by atoms with Crippen molar-refractivity contribution in [3.63, 3.8) is 0 Å². The van der Waals surface area contributed by atoms with E-state index in [0.717, 1.165) is 20.3 Å². The molecule has 0 radical (unpaired) electrons. The van der Waals surface area contributed by atoms with Crippen LogP contribution in [-0.2, 0) is 106 Å². The molecule has 1 aromatic heterocycles. The average Bonchev–Trinajstić information content (AvgIpc) is 1.54. The highest BCUT2D eigenvalue weighted by Gasteiger charge is 2.42. The van der Waals surface area contributed by atoms with Crippen LogP contribution in [0.3, 0.4) is 0 Å². The third-order valence-electron chi connectivity index (χ3n) is 21.2. The minimum Gasteiger partial charge on any atom is -0.508 e. The van der Waals surface area contributed by atoms with Gasteiger partial charge in [0.1, 0.15) is 71.9 Å². The number of fused-ring (bicyclic) bond motifs is 1. The minimum atomic E-state index is -1.88. The Morgan fingerprint density at radius 3 is 1.43 bits per heavy atom. The van der Waals surface area contributed by atoms with E-state index in [9.17, 15) is 48.9 Å². The fourth-order valence-electron chi connectivity index (χ4n) is 14.4. The molecule has 0 aliphatic carbocycles. The van der Waals surface area contributed by atoms with Crippen molar-refractivity contribution in [1.29, 1.82) is 0 Å². The molecule has 0 spiro atoms. The number of amides is 13. The van der Waals surface area contributed by atoms with E-state index in [0.29, 0.717) is 51.6 Å². The Morgan fingerprint density at radius 1 is 0.417 bits per heavy atom. The molecular weight excluding hydrogens is 1540 g/mol. The number of para-hydroxylation sites is 1. The maximum Gasteiger partial charge on any atom is 0.305 e. The molecule has 1 saturated heterocycles. The SMILES string of the molecule is CCCC[C@H]1C(=O)N(C)CC(=O)N[C@@H](CC(=O)O)C(=O)N[C@@H](C(C)C)C(=O)N(C)[C@@H](Cc2ccccc2)C(=O)N[C@@H](Cc2ccc(O)cc2)C(=O)N(C)CC(=O)N[C@@H](Cc2c[nH]c3ccccc23)C(=O)N[C@@H](Cc2ccc(O)cc2)C(=O)N[C@@H](CC(C)C)C(=O)NCC(=O)N[C@@H](CCc2ccccc2)C(=O)N(C)[C@@H](Cc2ccccc2)C(=O)N1C. The number of carboxylic acids is 1. The van der Waals surface area contributed by atoms with Gasteiger partial charge in [0.25, 0.3) is 0 Å². The van der Waals surface area contributed by atoms with Gasteiger partial charge >= 0.3 is 5.97 Å². The van der Waals surface area contributed by atoms with Gasteiger partial charge < -0.3 is 87.3 Å². The molecule has 640 valence electrons. The van der Waals surface area contributed by atoms with Gasteiger partial charge in [-0.3, -0.25) is 67.1 Å². The van der Waals surface area contributed by atoms with E-state index in [2.05, 4.69) is 47.5 Å². The number of aromatic nitrogens is 1. The Morgan fingerprint density at radius 2 is 0.875 bits per heavy atom. The number of H-pyrrole nitrogens is 1. The highest BCUT2D eigenvalue weighted by atomic mass is 16.4. The third-order valence-corrected chi connectivity index (χ3v) is 21.2. The normalized spacial score (nSPS) is 21.8. The number of aromatic amines is 1. The van der Waals surface area contributed by atoms with Gasteiger partial charge in [-0.1, -0.05) is 181 Å². The lowest BCUT2D eigenvalue weighted by atomic mass is 9.98. The number of likely N-dealkylation sites (N-methyl/N-ethyl adjacent to an activating group) is 5. The van der Waals surface area contributed by atoms with Gasteiger partial charge in [0.05, 0.1) is 26.1 Å². The molecule has 7 aromatic rings. The smallest absolute Gasteiger partial charge is 0.305 e. The number of benzene rings is 6. The molecule has 6 aromatic carbocycles. The first-order valence-corrected chi connectivity index (χ1v) is 40.3. The van der Waals surface area contributed by atoms with Crippen LogP contribution in [0.1, 0.15) is 107 Å². The number of aliphatic carboxylic acids is 1. The second kappa shape index (κ2) is 44.6. The van der Waals surface area contributed by atoms with E-state index >= 15 is 33.6 Å². The molecule has 31 nitrogen and oxygen atoms in total. The number of aromatic hydroxyl groups is 2. The molecular formula is C89H112N14O17. The number of nitrogens with zero attached hydrogens (tertiary/aromatic N) is 5. The highest BCUT2D eigenvalue weighted by molar-refractivity contribution is 6.01. The topological polar surface area (TPSA) is 428 Å². The summed E-state index contributed by atoms with van der Waals surface area (Å²) in [6.45, 7) is 6.32. The summed E-state index contributed by atoms with van der Waals surface area (Å²) in [5, 5.41) is 53.2. The largest absolute Gasteiger partial charge is 0.508 e. The molecule has 0 saturated carbocycles. The molecule has 13 amide bonds. The van der Waals surface area contributed by atoms with E-state index in [-0.39, 0.29) is 75.2 Å². The van der Waals surface area contributed by atoms with Crippen LogP contribution in [0, 0.1) is 11.8 Å². The highest BCUT2D eigenvalue weighted by Crippen LogP contribution is 2.24. The Hall–Kier alpha value is -13.0. The summed E-state index contributed by atoms with van der Waals surface area (Å²) in [4.78, 5) is 216. The van der Waals surface area contributed by atoms with Crippen LogP contribution in [0.5, 0.6) is 11.5 Å². The number of carbonyl (C=O) groups excluding carboxylic acids is 13. The number of phenols is 2. The Kier molecular flexibility index (Phi) is 34.4. The molecule has 2 heterocycles. The number of carboxylic acid groups (broad SMARTS) is 1. The van der Waals surface area contributed by atoms with E-state index in [1.165, 1.54) is 93.6 Å². The first-order valence-electron chi connectivity index (χ1n) is 40.3. The molecule has 120 heavy (non-hydrogen) atoms. The lowest BCUT2D eigenvalue weighted by molar-refractivity contribution is -0.151. The Balaban J connectivity index is 1.20. The zero-order valence-electron chi connectivity index (χ0n) is 69.5. The summed E-state index contributed by atoms with van der Waals surface area (Å²) in [5.41, 5.74) is 4.03. The lowest BCUT2D eigenvalue weighted by Gasteiger charge is -2.37. The van der Waals surface area contributed by atoms with Crippen LogP contribution in [0.4, 0.5) is 0 Å². The van der Waals surface area contributed by atoms with Crippen LogP contribution in [0.2, 0.25) is 0 Å². The minimum absolute atomic E-state index is 0.00653. The van der Waals surface area contributed by atoms with Gasteiger partial charge in [0.15, 0.2) is 0 Å². The summed E-state index contributed by atoms with van der Waals surface area (Å²) in [6.07, 6.45) is 0.824. The number of rotatable bonds is 21. The van der Waals surface area contributed by atoms with E-state index in [1.54, 1.807) is 131 Å². The third kappa shape index (κ3) is 27.0. The molecule has 0 unspecified atom stereocenters. The number of unbranched alkanes of at least 4 members (excludes halogenated alkanes) is 1. The Bertz CT molecular complexity index is 4700. The van der Waals surface area contributed by atoms with Crippen molar-refractivity contribution in [3.05, 3.63) is 203 Å². The van der Waals surface area contributed by atoms with E-state index < -0.39 is 175 Å². The van der Waals surface area contributed by atoms with Crippen molar-refractivity contribution >= 4 is 93.7 Å². The van der Waals surface area contributed by atoms with Crippen LogP contribution in [-0.4, -0.2) is 243 Å². The summed E-state index contributed by atoms with van der Waals surface area (Å²) >= 11 is 0. The number of carbonyl (C=O) groups is 14. The molecule has 31 heteroatoms. The second-order valence-electron chi connectivity index (χ2n) is 31.4. The summed E-state index contributed by atoms with van der Waals surface area (Å²) in [6, 6.07) is 30.2. The summed E-state index contributed by atoms with van der Waals surface area (Å²) < 4.78 is 0. The zero-order valence-corrected chi connectivity index (χ0v) is 69.5. The van der Waals surface area contributed by atoms with Crippen molar-refractivity contribution < 1.29 is 82.4 Å². The molecule has 0 bridgehead atoms. The summed E-state index contributed by atoms with van der Waals surface area (Å²) in [7, 11) is 6.64. The first kappa shape index (κ1) is 92.5. The Labute approximate surface area is 698 Å². The maximum absolute atomic E-state index is 15.5. The first-order chi connectivity index (χ1) is 57.2. The number of hydrogen-bond donors (Lipinski definition) is 12. The number of nitrogens with one attached hydrogen (secondary N) is 9. The fourth-order valence-corrected chi connectivity index (χ4v) is 14.4. The number of aryl methyl sites for hydroxylation is 1. The van der Waals surface area contributed by atoms with Crippen LogP contribution in [0.15, 0.2) is 170 Å². The standard InChI is InChI=1S/C89H112N14O17/c1-11-12-32-72-87(118)100(7)53-77(108)94-70(49-78(109)110)83(114)98-79(55(4)5)89(120)102(9)73(46-57-26-18-14-19-27-57)84(115)97-71(45-60-35-40-63(105)41-36-60)85(116)99(6)52-76(107)93-69(48-61-50-90-65-31-23-22-30-64(61)65)82(113)96-68(44-59-33-38-62(104)39-34-59)81(112)95-67(43-54(2)3)80(111)91-51-75(106)92-66(42-37-56-24-16-13-17-25-56)86(117)103(10)74(88(119)101(72)8)47-58-28-20-15-21-29-58/h13-31,33-36,38-41,50,54-55,66-74,79,90,104-105H,11-12,32,37,42-49,51-53H2,1-10H3,(H,91,111)(H,92,106)(H,93,107)(H,94,108)(H,95,112)(H,96,113)(H,97,115)(H,98,114)(H,109,110)/t66-,67-,68-,69-,70-,71-,72-,73-,74-,79-/m0/s1. The molecule has 1 aliphatic heterocycles. The van der Waals surface area contributed by atoms with Gasteiger partial charge in [-0.2, -0.15) is 0 Å². The van der Waals surface area contributed by atoms with Crippen molar-refractivity contribution in [1.82, 2.24) is 72.0 Å². The predicted octanol–water partition coefficient (Wildman–Crippen LogP) is 4.01. The van der Waals surface area contributed by atoms with Crippen molar-refractivity contribution in [2.24, 2.45) is 11.8 Å². The second-order valence-corrected chi connectivity index (χ2v) is 31.4. The van der Waals surface area contributed by atoms with Gasteiger partial charge in [0.2, 0.25) is 76.8 Å². The van der Waals surface area contributed by atoms with Crippen molar-refractivity contribution in [3.8, 4) is 11.5 Å². The molecule has 10 atom stereocenters. The summed E-state index contributed by atoms with van der Waals surface area (Å²) in [5.74, 6) is -14.1. The maximum atomic E-state index is 15.5. The van der Waals surface area contributed by atoms with Crippen molar-refractivity contribution in [2.75, 3.05) is 54.9 Å². The van der Waals surface area contributed by atoms with Gasteiger partial charge in [-0.25, -0.2) is 0 Å². The zero-order chi connectivity index (χ0) is 87.4.